The molecular weight excluding hydrogens is 266 g/mol. The van der Waals surface area contributed by atoms with E-state index in [0.29, 0.717) is 0 Å². The van der Waals surface area contributed by atoms with Gasteiger partial charge in [0.2, 0.25) is 5.91 Å². The maximum Gasteiger partial charge on any atom is 0.224 e. The van der Waals surface area contributed by atoms with Crippen LogP contribution in [0.15, 0.2) is 54.6 Å². The quantitative estimate of drug-likeness (QED) is 0.786. The summed E-state index contributed by atoms with van der Waals surface area (Å²) in [6, 6.07) is 15.8. The first kappa shape index (κ1) is 15.1. The zero-order valence-corrected chi connectivity index (χ0v) is 11.9. The Balaban J connectivity index is 1.92. The van der Waals surface area contributed by atoms with Crippen LogP contribution in [-0.2, 0) is 16.8 Å². The third-order valence-electron chi connectivity index (χ3n) is 3.30. The number of aromatic hydroxyl groups is 1. The minimum absolute atomic E-state index is 0.134. The molecule has 0 radical (unpaired) electrons. The highest BCUT2D eigenvalue weighted by Gasteiger charge is 2.23. The van der Waals surface area contributed by atoms with Crippen LogP contribution in [0.3, 0.4) is 0 Å². The molecule has 2 rings (SSSR count). The number of rotatable bonds is 5. The average molecular weight is 285 g/mol. The number of carbonyl (C=O) groups is 1. The third-order valence-corrected chi connectivity index (χ3v) is 3.30. The van der Waals surface area contributed by atoms with Crippen LogP contribution in [0.1, 0.15) is 18.1 Å². The van der Waals surface area contributed by atoms with Crippen molar-refractivity contribution in [2.75, 3.05) is 6.54 Å². The van der Waals surface area contributed by atoms with Crippen molar-refractivity contribution < 1.29 is 15.0 Å². The molecule has 0 aliphatic rings. The average Bonchev–Trinajstić information content (AvgIpc) is 2.46. The maximum atomic E-state index is 11.9. The molecule has 21 heavy (non-hydrogen) atoms. The van der Waals surface area contributed by atoms with Gasteiger partial charge in [0, 0.05) is 0 Å². The summed E-state index contributed by atoms with van der Waals surface area (Å²) in [6.45, 7) is 1.80. The molecule has 0 bridgehead atoms. The van der Waals surface area contributed by atoms with Crippen LogP contribution in [0.4, 0.5) is 0 Å². The molecule has 1 unspecified atom stereocenters. The molecule has 0 saturated heterocycles. The lowest BCUT2D eigenvalue weighted by Crippen LogP contribution is -2.39. The lowest BCUT2D eigenvalue weighted by Gasteiger charge is -2.24. The molecule has 3 N–H and O–H groups in total. The lowest BCUT2D eigenvalue weighted by atomic mass is 9.96. The summed E-state index contributed by atoms with van der Waals surface area (Å²) < 4.78 is 0. The van der Waals surface area contributed by atoms with Crippen molar-refractivity contribution >= 4 is 5.91 Å². The van der Waals surface area contributed by atoms with Gasteiger partial charge in [0.05, 0.1) is 13.0 Å². The molecule has 110 valence electrons. The molecule has 1 amide bonds. The second-order valence-electron chi connectivity index (χ2n) is 5.26. The summed E-state index contributed by atoms with van der Waals surface area (Å²) in [4.78, 5) is 11.9. The number of carbonyl (C=O) groups excluding carboxylic acids is 1. The van der Waals surface area contributed by atoms with Crippen LogP contribution in [0.25, 0.3) is 0 Å². The predicted octanol–water partition coefficient (Wildman–Crippen LogP) is 1.96. The van der Waals surface area contributed by atoms with Gasteiger partial charge >= 0.3 is 0 Å². The van der Waals surface area contributed by atoms with Gasteiger partial charge in [-0.25, -0.2) is 0 Å². The molecule has 0 aliphatic heterocycles. The van der Waals surface area contributed by atoms with Gasteiger partial charge in [0.25, 0.3) is 0 Å². The molecule has 0 aromatic heterocycles. The van der Waals surface area contributed by atoms with Crippen molar-refractivity contribution in [3.8, 4) is 5.75 Å². The van der Waals surface area contributed by atoms with Crippen LogP contribution in [-0.4, -0.2) is 22.7 Å². The molecule has 2 aromatic carbocycles. The zero-order chi connectivity index (χ0) is 15.3. The Morgan fingerprint density at radius 3 is 2.52 bits per heavy atom. The number of phenolic OH excluding ortho intramolecular Hbond substituents is 1. The minimum atomic E-state index is -1.12. The van der Waals surface area contributed by atoms with Crippen molar-refractivity contribution in [3.05, 3.63) is 65.7 Å². The molecule has 0 heterocycles. The molecule has 0 aliphatic carbocycles. The summed E-state index contributed by atoms with van der Waals surface area (Å²) in [5, 5.41) is 22.5. The van der Waals surface area contributed by atoms with E-state index in [-0.39, 0.29) is 24.6 Å². The monoisotopic (exact) mass is 285 g/mol. The number of nitrogens with one attached hydrogen (secondary N) is 1. The van der Waals surface area contributed by atoms with Gasteiger partial charge in [0.1, 0.15) is 11.4 Å². The first-order valence-electron chi connectivity index (χ1n) is 6.80. The zero-order valence-electron chi connectivity index (χ0n) is 11.9. The summed E-state index contributed by atoms with van der Waals surface area (Å²) in [7, 11) is 0. The van der Waals surface area contributed by atoms with Gasteiger partial charge < -0.3 is 15.5 Å². The Morgan fingerprint density at radius 1 is 1.14 bits per heavy atom. The van der Waals surface area contributed by atoms with Crippen LogP contribution in [0, 0.1) is 0 Å². The molecule has 0 spiro atoms. The van der Waals surface area contributed by atoms with Crippen molar-refractivity contribution in [2.24, 2.45) is 0 Å². The second-order valence-corrected chi connectivity index (χ2v) is 5.26. The van der Waals surface area contributed by atoms with Crippen molar-refractivity contribution in [2.45, 2.75) is 18.9 Å². The van der Waals surface area contributed by atoms with Gasteiger partial charge in [-0.3, -0.25) is 4.79 Å². The van der Waals surface area contributed by atoms with E-state index in [1.54, 1.807) is 31.2 Å². The van der Waals surface area contributed by atoms with Gasteiger partial charge in [-0.05, 0) is 30.2 Å². The van der Waals surface area contributed by atoms with E-state index in [1.165, 1.54) is 0 Å². The SMILES string of the molecule is CC(O)(CNC(=O)Cc1cccc(O)c1)c1ccccc1. The van der Waals surface area contributed by atoms with Crippen LogP contribution in [0.2, 0.25) is 0 Å². The van der Waals surface area contributed by atoms with Crippen molar-refractivity contribution in [3.63, 3.8) is 0 Å². The second kappa shape index (κ2) is 6.41. The fourth-order valence-corrected chi connectivity index (χ4v) is 2.08. The highest BCUT2D eigenvalue weighted by Crippen LogP contribution is 2.19. The topological polar surface area (TPSA) is 69.6 Å². The van der Waals surface area contributed by atoms with Gasteiger partial charge in [-0.15, -0.1) is 0 Å². The number of hydrogen-bond donors (Lipinski definition) is 3. The molecule has 0 saturated carbocycles. The fraction of sp³-hybridized carbons (Fsp3) is 0.235. The Hall–Kier alpha value is -2.33. The lowest BCUT2D eigenvalue weighted by molar-refractivity contribution is -0.121. The predicted molar refractivity (Wildman–Crippen MR) is 80.8 cm³/mol. The summed E-state index contributed by atoms with van der Waals surface area (Å²) in [6.07, 6.45) is 0.166. The van der Waals surface area contributed by atoms with E-state index in [0.717, 1.165) is 11.1 Å². The number of benzene rings is 2. The summed E-state index contributed by atoms with van der Waals surface area (Å²) >= 11 is 0. The first-order chi connectivity index (χ1) is 9.97. The Kier molecular flexibility index (Phi) is 4.60. The number of hydrogen-bond acceptors (Lipinski definition) is 3. The Labute approximate surface area is 124 Å². The van der Waals surface area contributed by atoms with Crippen LogP contribution >= 0.6 is 0 Å². The van der Waals surface area contributed by atoms with Gasteiger partial charge in [-0.1, -0.05) is 42.5 Å². The van der Waals surface area contributed by atoms with Crippen molar-refractivity contribution in [1.82, 2.24) is 5.32 Å². The molecule has 2 aromatic rings. The summed E-state index contributed by atoms with van der Waals surface area (Å²) in [5.74, 6) is -0.0617. The highest BCUT2D eigenvalue weighted by atomic mass is 16.3. The Morgan fingerprint density at radius 2 is 1.86 bits per heavy atom. The molecule has 4 nitrogen and oxygen atoms in total. The van der Waals surface area contributed by atoms with E-state index >= 15 is 0 Å². The summed E-state index contributed by atoms with van der Waals surface area (Å²) in [5.41, 5.74) is 0.366. The number of aliphatic hydroxyl groups is 1. The van der Waals surface area contributed by atoms with E-state index in [9.17, 15) is 15.0 Å². The fourth-order valence-electron chi connectivity index (χ4n) is 2.08. The molecular formula is C17H19NO3. The standard InChI is InChI=1S/C17H19NO3/c1-17(21,14-7-3-2-4-8-14)12-18-16(20)11-13-6-5-9-15(19)10-13/h2-10,19,21H,11-12H2,1H3,(H,18,20). The van der Waals surface area contributed by atoms with Crippen LogP contribution < -0.4 is 5.32 Å². The highest BCUT2D eigenvalue weighted by molar-refractivity contribution is 5.78. The van der Waals surface area contributed by atoms with Gasteiger partial charge in [0.15, 0.2) is 0 Å². The number of amides is 1. The third kappa shape index (κ3) is 4.33. The maximum absolute atomic E-state index is 11.9. The Bertz CT molecular complexity index is 608. The normalized spacial score (nSPS) is 13.4. The smallest absolute Gasteiger partial charge is 0.224 e. The van der Waals surface area contributed by atoms with Crippen LogP contribution in [0.5, 0.6) is 5.75 Å². The first-order valence-corrected chi connectivity index (χ1v) is 6.80. The van der Waals surface area contributed by atoms with E-state index < -0.39 is 5.60 Å². The molecule has 4 heteroatoms. The largest absolute Gasteiger partial charge is 0.508 e. The van der Waals surface area contributed by atoms with E-state index in [4.69, 9.17) is 0 Å². The minimum Gasteiger partial charge on any atom is -0.508 e. The molecule has 1 atom stereocenters. The molecule has 0 fully saturated rings. The van der Waals surface area contributed by atoms with Crippen molar-refractivity contribution in [1.29, 1.82) is 0 Å². The van der Waals surface area contributed by atoms with Gasteiger partial charge in [-0.2, -0.15) is 0 Å². The van der Waals surface area contributed by atoms with E-state index in [1.807, 2.05) is 30.3 Å². The van der Waals surface area contributed by atoms with E-state index in [2.05, 4.69) is 5.32 Å². The number of phenols is 1.